The van der Waals surface area contributed by atoms with Gasteiger partial charge in [0, 0.05) is 12.1 Å². The van der Waals surface area contributed by atoms with Crippen LogP contribution in [0.5, 0.6) is 11.5 Å². The third-order valence-electron chi connectivity index (χ3n) is 3.91. The maximum atomic E-state index is 10.7. The van der Waals surface area contributed by atoms with Crippen molar-refractivity contribution < 1.29 is 14.4 Å². The maximum absolute atomic E-state index is 10.7. The third-order valence-corrected chi connectivity index (χ3v) is 3.91. The van der Waals surface area contributed by atoms with Crippen LogP contribution in [-0.4, -0.2) is 18.2 Å². The van der Waals surface area contributed by atoms with Gasteiger partial charge in [-0.25, -0.2) is 0 Å². The normalized spacial score (nSPS) is 10.6. The van der Waals surface area contributed by atoms with Crippen LogP contribution in [0.3, 0.4) is 0 Å². The Kier molecular flexibility index (Phi) is 6.20. The van der Waals surface area contributed by atoms with Crippen LogP contribution in [0.2, 0.25) is 0 Å². The van der Waals surface area contributed by atoms with E-state index in [2.05, 4.69) is 10.5 Å². The molecule has 0 aliphatic heterocycles. The summed E-state index contributed by atoms with van der Waals surface area (Å²) < 4.78 is 11.2. The Labute approximate surface area is 162 Å². The Morgan fingerprint density at radius 2 is 1.79 bits per heavy atom. The van der Waals surface area contributed by atoms with Gasteiger partial charge in [0.05, 0.1) is 23.9 Å². The van der Waals surface area contributed by atoms with Crippen LogP contribution in [0.25, 0.3) is 0 Å². The van der Waals surface area contributed by atoms with E-state index in [1.54, 1.807) is 25.5 Å². The highest BCUT2D eigenvalue weighted by Crippen LogP contribution is 2.28. The fourth-order valence-corrected chi connectivity index (χ4v) is 2.46. The number of nitrogens with one attached hydrogen (secondary N) is 1. The van der Waals surface area contributed by atoms with Crippen molar-refractivity contribution in [2.45, 2.75) is 6.61 Å². The minimum atomic E-state index is -0.444. The molecule has 0 spiro atoms. The van der Waals surface area contributed by atoms with Gasteiger partial charge in [-0.05, 0) is 41.5 Å². The van der Waals surface area contributed by atoms with Crippen molar-refractivity contribution in [3.63, 3.8) is 0 Å². The van der Waals surface area contributed by atoms with Gasteiger partial charge < -0.3 is 9.47 Å². The first kappa shape index (κ1) is 18.9. The predicted octanol–water partition coefficient (Wildman–Crippen LogP) is 4.63. The van der Waals surface area contributed by atoms with Gasteiger partial charge in [-0.3, -0.25) is 15.5 Å². The van der Waals surface area contributed by atoms with Crippen molar-refractivity contribution in [3.05, 3.63) is 94.0 Å². The Morgan fingerprint density at radius 3 is 2.46 bits per heavy atom. The molecule has 1 N–H and O–H groups in total. The zero-order valence-corrected chi connectivity index (χ0v) is 15.2. The van der Waals surface area contributed by atoms with E-state index in [1.165, 1.54) is 12.1 Å². The van der Waals surface area contributed by atoms with E-state index in [9.17, 15) is 10.1 Å². The van der Waals surface area contributed by atoms with E-state index in [0.717, 1.165) is 11.1 Å². The lowest BCUT2D eigenvalue weighted by Gasteiger charge is -2.11. The summed E-state index contributed by atoms with van der Waals surface area (Å²) in [5, 5.41) is 14.8. The summed E-state index contributed by atoms with van der Waals surface area (Å²) in [6.45, 7) is 0.451. The van der Waals surface area contributed by atoms with Gasteiger partial charge in [-0.2, -0.15) is 5.10 Å². The molecule has 0 saturated carbocycles. The number of anilines is 1. The fraction of sp³-hybridized carbons (Fsp3) is 0.0952. The number of rotatable bonds is 8. The smallest absolute Gasteiger partial charge is 0.269 e. The van der Waals surface area contributed by atoms with E-state index >= 15 is 0 Å². The molecular formula is C21H19N3O4. The van der Waals surface area contributed by atoms with E-state index < -0.39 is 4.92 Å². The lowest BCUT2D eigenvalue weighted by atomic mass is 10.2. The second kappa shape index (κ2) is 9.18. The quantitative estimate of drug-likeness (QED) is 0.351. The van der Waals surface area contributed by atoms with Crippen LogP contribution >= 0.6 is 0 Å². The Balaban J connectivity index is 1.62. The molecule has 7 heteroatoms. The average molecular weight is 377 g/mol. The number of nitro benzene ring substituents is 1. The number of benzene rings is 3. The van der Waals surface area contributed by atoms with Crippen LogP contribution in [0.15, 0.2) is 77.9 Å². The molecule has 142 valence electrons. The topological polar surface area (TPSA) is 86.0 Å². The Hall–Kier alpha value is -3.87. The highest BCUT2D eigenvalue weighted by molar-refractivity contribution is 5.81. The molecule has 0 aliphatic rings. The predicted molar refractivity (Wildman–Crippen MR) is 108 cm³/mol. The first-order valence-electron chi connectivity index (χ1n) is 8.54. The van der Waals surface area contributed by atoms with Crippen molar-refractivity contribution in [1.29, 1.82) is 0 Å². The van der Waals surface area contributed by atoms with Crippen LogP contribution in [0.4, 0.5) is 11.4 Å². The van der Waals surface area contributed by atoms with Gasteiger partial charge in [0.2, 0.25) is 0 Å². The maximum Gasteiger partial charge on any atom is 0.269 e. The highest BCUT2D eigenvalue weighted by atomic mass is 16.6. The third kappa shape index (κ3) is 5.07. The summed E-state index contributed by atoms with van der Waals surface area (Å²) >= 11 is 0. The van der Waals surface area contributed by atoms with Crippen LogP contribution < -0.4 is 14.9 Å². The molecule has 28 heavy (non-hydrogen) atoms. The number of ether oxygens (including phenoxy) is 2. The van der Waals surface area contributed by atoms with Gasteiger partial charge >= 0.3 is 0 Å². The summed E-state index contributed by atoms with van der Waals surface area (Å²) in [7, 11) is 1.58. The van der Waals surface area contributed by atoms with Crippen LogP contribution in [-0.2, 0) is 6.61 Å². The summed E-state index contributed by atoms with van der Waals surface area (Å²) in [4.78, 5) is 10.2. The summed E-state index contributed by atoms with van der Waals surface area (Å²) in [6.07, 6.45) is 1.63. The first-order valence-corrected chi connectivity index (χ1v) is 8.54. The second-order valence-electron chi connectivity index (χ2n) is 5.86. The number of hydrogen-bond donors (Lipinski definition) is 1. The number of hydrogen-bond acceptors (Lipinski definition) is 6. The van der Waals surface area contributed by atoms with Gasteiger partial charge in [0.1, 0.15) is 6.61 Å². The zero-order chi connectivity index (χ0) is 19.8. The monoisotopic (exact) mass is 377 g/mol. The molecule has 0 aromatic heterocycles. The Morgan fingerprint density at radius 1 is 1.04 bits per heavy atom. The van der Waals surface area contributed by atoms with E-state index in [4.69, 9.17) is 9.47 Å². The minimum absolute atomic E-state index is 0.0327. The van der Waals surface area contributed by atoms with Crippen molar-refractivity contribution in [2.75, 3.05) is 12.5 Å². The largest absolute Gasteiger partial charge is 0.493 e. The summed E-state index contributed by atoms with van der Waals surface area (Å²) in [5.74, 6) is 1.25. The van der Waals surface area contributed by atoms with Crippen molar-refractivity contribution >= 4 is 17.6 Å². The van der Waals surface area contributed by atoms with Crippen molar-refractivity contribution in [1.82, 2.24) is 0 Å². The molecule has 0 unspecified atom stereocenters. The van der Waals surface area contributed by atoms with Crippen LogP contribution in [0.1, 0.15) is 11.1 Å². The van der Waals surface area contributed by atoms with Gasteiger partial charge in [0.25, 0.3) is 5.69 Å². The molecule has 0 saturated heterocycles. The molecule has 7 nitrogen and oxygen atoms in total. The molecule has 0 fully saturated rings. The van der Waals surface area contributed by atoms with E-state index in [0.29, 0.717) is 23.8 Å². The number of nitrogens with zero attached hydrogens (tertiary/aromatic N) is 2. The molecule has 0 bridgehead atoms. The SMILES string of the molecule is COc1cc(C=NNc2ccc([N+](=O)[O-])cc2)ccc1OCc1ccccc1. The molecule has 3 rings (SSSR count). The summed E-state index contributed by atoms with van der Waals surface area (Å²) in [5.41, 5.74) is 5.40. The average Bonchev–Trinajstić information content (AvgIpc) is 2.73. The highest BCUT2D eigenvalue weighted by Gasteiger charge is 2.06. The fourth-order valence-electron chi connectivity index (χ4n) is 2.46. The number of hydrazone groups is 1. The Bertz CT molecular complexity index is 957. The number of non-ortho nitro benzene ring substituents is 1. The molecule has 0 radical (unpaired) electrons. The van der Waals surface area contributed by atoms with Gasteiger partial charge in [-0.1, -0.05) is 30.3 Å². The van der Waals surface area contributed by atoms with Gasteiger partial charge in [0.15, 0.2) is 11.5 Å². The first-order chi connectivity index (χ1) is 13.7. The molecule has 0 amide bonds. The van der Waals surface area contributed by atoms with Crippen molar-refractivity contribution in [3.8, 4) is 11.5 Å². The van der Waals surface area contributed by atoms with E-state index in [1.807, 2.05) is 48.5 Å². The molecule has 3 aromatic carbocycles. The standard InChI is InChI=1S/C21H19N3O4/c1-27-21-13-17(7-12-20(21)28-15-16-5-3-2-4-6-16)14-22-23-18-8-10-19(11-9-18)24(25)26/h2-14,23H,15H2,1H3. The minimum Gasteiger partial charge on any atom is -0.493 e. The lowest BCUT2D eigenvalue weighted by Crippen LogP contribution is -1.98. The number of methoxy groups -OCH3 is 1. The van der Waals surface area contributed by atoms with Gasteiger partial charge in [-0.15, -0.1) is 0 Å². The zero-order valence-electron chi connectivity index (χ0n) is 15.2. The molecule has 3 aromatic rings. The second-order valence-corrected chi connectivity index (χ2v) is 5.86. The van der Waals surface area contributed by atoms with Crippen LogP contribution in [0, 0.1) is 10.1 Å². The molecule has 0 aliphatic carbocycles. The lowest BCUT2D eigenvalue weighted by molar-refractivity contribution is -0.384. The van der Waals surface area contributed by atoms with E-state index in [-0.39, 0.29) is 5.69 Å². The molecule has 0 atom stereocenters. The molecule has 0 heterocycles. The number of nitro groups is 1. The van der Waals surface area contributed by atoms with Crippen molar-refractivity contribution in [2.24, 2.45) is 5.10 Å². The molecular weight excluding hydrogens is 358 g/mol. The summed E-state index contributed by atoms with van der Waals surface area (Å²) in [6, 6.07) is 21.4.